The van der Waals surface area contributed by atoms with Crippen LogP contribution < -0.4 is 16.4 Å². The summed E-state index contributed by atoms with van der Waals surface area (Å²) in [5.74, 6) is -0.209. The zero-order valence-corrected chi connectivity index (χ0v) is 22.0. The molecule has 13 nitrogen and oxygen atoms in total. The molecule has 0 unspecified atom stereocenters. The number of pyridine rings is 1. The van der Waals surface area contributed by atoms with Crippen molar-refractivity contribution in [1.82, 2.24) is 34.3 Å². The lowest BCUT2D eigenvalue weighted by Gasteiger charge is -2.25. The number of imidazole rings is 1. The van der Waals surface area contributed by atoms with Crippen molar-refractivity contribution in [3.63, 3.8) is 0 Å². The van der Waals surface area contributed by atoms with Gasteiger partial charge in [-0.1, -0.05) is 5.16 Å². The quantitative estimate of drug-likeness (QED) is 0.234. The Bertz CT molecular complexity index is 1820. The van der Waals surface area contributed by atoms with Crippen molar-refractivity contribution < 1.29 is 27.6 Å². The molecule has 0 aromatic carbocycles. The van der Waals surface area contributed by atoms with Crippen molar-refractivity contribution in [2.75, 3.05) is 16.4 Å². The van der Waals surface area contributed by atoms with Crippen LogP contribution in [0.3, 0.4) is 0 Å². The monoisotopic (exact) mass is 582 g/mol. The topological polar surface area (TPSA) is 174 Å². The molecule has 2 saturated carbocycles. The number of aliphatic hydroxyl groups is 1. The number of urea groups is 1. The molecule has 2 aliphatic rings. The van der Waals surface area contributed by atoms with E-state index >= 15 is 0 Å². The maximum atomic E-state index is 13.4. The summed E-state index contributed by atoms with van der Waals surface area (Å²) in [6.07, 6.45) is 2.49. The Labute approximate surface area is 234 Å². The Balaban J connectivity index is 1.18. The number of nitrogen functional groups attached to an aromatic ring is 1. The molecule has 0 spiro atoms. The molecular formula is C26H25F3N10O3. The van der Waals surface area contributed by atoms with Crippen molar-refractivity contribution in [3.05, 3.63) is 42.7 Å². The molecule has 2 fully saturated rings. The summed E-state index contributed by atoms with van der Waals surface area (Å²) < 4.78 is 48.7. The minimum absolute atomic E-state index is 0.0323. The highest BCUT2D eigenvalue weighted by molar-refractivity contribution is 6.02. The van der Waals surface area contributed by atoms with Gasteiger partial charge in [-0.3, -0.25) is 9.72 Å². The molecule has 5 aromatic rings. The summed E-state index contributed by atoms with van der Waals surface area (Å²) in [5.41, 5.74) is 6.70. The maximum absolute atomic E-state index is 13.4. The van der Waals surface area contributed by atoms with Crippen LogP contribution in [-0.2, 0) is 5.41 Å². The molecule has 2 aliphatic carbocycles. The maximum Gasteiger partial charge on any atom is 0.401 e. The summed E-state index contributed by atoms with van der Waals surface area (Å²) in [7, 11) is 0. The minimum Gasteiger partial charge on any atom is -0.393 e. The second-order valence-corrected chi connectivity index (χ2v) is 10.7. The summed E-state index contributed by atoms with van der Waals surface area (Å²) >= 11 is 0. The third-order valence-electron chi connectivity index (χ3n) is 8.09. The number of nitrogens with two attached hydrogens (primary N) is 1. The number of aromatic nitrogens is 7. The first-order chi connectivity index (χ1) is 20.1. The number of hydrogen-bond donors (Lipinski definition) is 4. The van der Waals surface area contributed by atoms with E-state index in [1.54, 1.807) is 28.9 Å². The van der Waals surface area contributed by atoms with Crippen LogP contribution in [0.1, 0.15) is 50.3 Å². The van der Waals surface area contributed by atoms with Gasteiger partial charge in [0.2, 0.25) is 0 Å². The van der Waals surface area contributed by atoms with E-state index in [2.05, 4.69) is 30.7 Å². The van der Waals surface area contributed by atoms with Crippen LogP contribution in [-0.4, -0.2) is 57.7 Å². The molecule has 7 rings (SSSR count). The van der Waals surface area contributed by atoms with E-state index in [-0.39, 0.29) is 42.4 Å². The van der Waals surface area contributed by atoms with Gasteiger partial charge in [0.25, 0.3) is 0 Å². The van der Waals surface area contributed by atoms with Crippen LogP contribution in [0.2, 0.25) is 0 Å². The molecule has 0 radical (unpaired) electrons. The highest BCUT2D eigenvalue weighted by atomic mass is 19.4. The smallest absolute Gasteiger partial charge is 0.393 e. The predicted octanol–water partition coefficient (Wildman–Crippen LogP) is 4.43. The van der Waals surface area contributed by atoms with Gasteiger partial charge in [-0.25, -0.2) is 24.4 Å². The SMILES string of the molecule is Nc1ncnc2c1c(-c1ccc(NC(=O)Nc3cc(C4(C(F)(F)F)CC4)on3)c3nccn13)nn2C1CCC(O)CC1. The normalized spacial score (nSPS) is 20.2. The first-order valence-corrected chi connectivity index (χ1v) is 13.4. The van der Waals surface area contributed by atoms with E-state index in [0.29, 0.717) is 46.6 Å². The van der Waals surface area contributed by atoms with E-state index < -0.39 is 17.6 Å². The Morgan fingerprint density at radius 1 is 1.10 bits per heavy atom. The van der Waals surface area contributed by atoms with Crippen LogP contribution in [0.15, 0.2) is 41.4 Å². The van der Waals surface area contributed by atoms with Crippen molar-refractivity contribution in [2.24, 2.45) is 0 Å². The predicted molar refractivity (Wildman–Crippen MR) is 144 cm³/mol. The lowest BCUT2D eigenvalue weighted by atomic mass is 9.93. The van der Waals surface area contributed by atoms with E-state index in [1.165, 1.54) is 6.33 Å². The first-order valence-electron chi connectivity index (χ1n) is 13.4. The number of anilines is 3. The number of amides is 2. The number of alkyl halides is 3. The molecule has 5 heterocycles. The molecule has 42 heavy (non-hydrogen) atoms. The average molecular weight is 583 g/mol. The Kier molecular flexibility index (Phi) is 5.86. The molecule has 5 N–H and O–H groups in total. The lowest BCUT2D eigenvalue weighted by molar-refractivity contribution is -0.165. The molecule has 0 bridgehead atoms. The summed E-state index contributed by atoms with van der Waals surface area (Å²) in [6.45, 7) is 0. The van der Waals surface area contributed by atoms with Crippen LogP contribution in [0.25, 0.3) is 28.1 Å². The Morgan fingerprint density at radius 2 is 1.88 bits per heavy atom. The standard InChI is InChI=1S/C26H25F3N10O3/c27-26(28,29)25(7-8-25)17-11-18(37-42-17)35-24(41)34-15-5-6-16(38-10-9-31-22(15)38)20-19-21(30)32-12-33-23(19)39(36-20)13-1-3-14(40)4-2-13/h5-6,9-14,40H,1-4,7-8H2,(H2,30,32,33)(H2,34,35,37,41). The number of carbonyl (C=O) groups excluding carboxylic acids is 1. The van der Waals surface area contributed by atoms with E-state index in [1.807, 2.05) is 4.68 Å². The second kappa shape index (κ2) is 9.40. The number of nitrogens with one attached hydrogen (secondary N) is 2. The zero-order chi connectivity index (χ0) is 29.2. The minimum atomic E-state index is -4.46. The van der Waals surface area contributed by atoms with Crippen LogP contribution in [0.4, 0.5) is 35.3 Å². The number of halogens is 3. The molecular weight excluding hydrogens is 557 g/mol. The van der Waals surface area contributed by atoms with E-state index in [0.717, 1.165) is 18.9 Å². The summed E-state index contributed by atoms with van der Waals surface area (Å²) in [6, 6.07) is 3.76. The summed E-state index contributed by atoms with van der Waals surface area (Å²) in [5, 5.41) is 24.1. The van der Waals surface area contributed by atoms with Gasteiger partial charge in [0.1, 0.15) is 23.3 Å². The number of fused-ring (bicyclic) bond motifs is 2. The van der Waals surface area contributed by atoms with Gasteiger partial charge in [-0.05, 0) is 50.7 Å². The van der Waals surface area contributed by atoms with E-state index in [4.69, 9.17) is 15.4 Å². The molecule has 0 saturated heterocycles. The van der Waals surface area contributed by atoms with E-state index in [9.17, 15) is 23.1 Å². The number of hydrogen-bond acceptors (Lipinski definition) is 9. The third kappa shape index (κ3) is 4.20. The fourth-order valence-electron chi connectivity index (χ4n) is 5.66. The largest absolute Gasteiger partial charge is 0.401 e. The Morgan fingerprint density at radius 3 is 2.62 bits per heavy atom. The number of nitrogens with zero attached hydrogens (tertiary/aromatic N) is 7. The number of aliphatic hydroxyl groups excluding tert-OH is 1. The third-order valence-corrected chi connectivity index (χ3v) is 8.09. The number of carbonyl (C=O) groups is 1. The van der Waals surface area contributed by atoms with Crippen molar-refractivity contribution >= 4 is 40.0 Å². The van der Waals surface area contributed by atoms with Crippen LogP contribution >= 0.6 is 0 Å². The van der Waals surface area contributed by atoms with Gasteiger partial charge in [0, 0.05) is 18.5 Å². The molecule has 16 heteroatoms. The van der Waals surface area contributed by atoms with Gasteiger partial charge in [-0.15, -0.1) is 0 Å². The fourth-order valence-corrected chi connectivity index (χ4v) is 5.66. The first kappa shape index (κ1) is 26.2. The Hall–Kier alpha value is -4.73. The summed E-state index contributed by atoms with van der Waals surface area (Å²) in [4.78, 5) is 25.8. The zero-order valence-electron chi connectivity index (χ0n) is 22.0. The van der Waals surface area contributed by atoms with Crippen molar-refractivity contribution in [3.8, 4) is 11.4 Å². The second-order valence-electron chi connectivity index (χ2n) is 10.7. The average Bonchev–Trinajstić information content (AvgIpc) is 3.26. The molecule has 0 aliphatic heterocycles. The number of rotatable bonds is 5. The van der Waals surface area contributed by atoms with Gasteiger partial charge in [-0.2, -0.15) is 18.3 Å². The van der Waals surface area contributed by atoms with Crippen molar-refractivity contribution in [2.45, 2.75) is 62.3 Å². The van der Waals surface area contributed by atoms with Crippen molar-refractivity contribution in [1.29, 1.82) is 0 Å². The molecule has 2 amide bonds. The fraction of sp³-hybridized carbons (Fsp3) is 0.385. The highest BCUT2D eigenvalue weighted by Crippen LogP contribution is 2.59. The van der Waals surface area contributed by atoms with Crippen LogP contribution in [0.5, 0.6) is 0 Å². The molecule has 218 valence electrons. The van der Waals surface area contributed by atoms with Gasteiger partial charge >= 0.3 is 12.2 Å². The molecule has 0 atom stereocenters. The highest BCUT2D eigenvalue weighted by Gasteiger charge is 2.67. The van der Waals surface area contributed by atoms with Gasteiger partial charge in [0.15, 0.2) is 22.9 Å². The van der Waals surface area contributed by atoms with Gasteiger partial charge in [0.05, 0.1) is 28.9 Å². The van der Waals surface area contributed by atoms with Crippen LogP contribution in [0, 0.1) is 0 Å². The van der Waals surface area contributed by atoms with Gasteiger partial charge < -0.3 is 20.7 Å². The molecule has 5 aromatic heterocycles. The lowest BCUT2D eigenvalue weighted by Crippen LogP contribution is -2.28.